The van der Waals surface area contributed by atoms with Crippen LogP contribution in [0.1, 0.15) is 16.8 Å². The van der Waals surface area contributed by atoms with E-state index in [0.29, 0.717) is 30.8 Å². The topological polar surface area (TPSA) is 81.9 Å². The van der Waals surface area contributed by atoms with E-state index >= 15 is 0 Å². The summed E-state index contributed by atoms with van der Waals surface area (Å²) < 4.78 is 9.64. The van der Waals surface area contributed by atoms with E-state index < -0.39 is 12.1 Å². The highest BCUT2D eigenvalue weighted by atomic mass is 16.6. The molecule has 0 spiro atoms. The highest BCUT2D eigenvalue weighted by Gasteiger charge is 2.30. The van der Waals surface area contributed by atoms with Crippen molar-refractivity contribution in [2.75, 3.05) is 25.2 Å². The number of anilines is 1. The second-order valence-corrected chi connectivity index (χ2v) is 4.20. The molecule has 6 nitrogen and oxygen atoms in total. The maximum atomic E-state index is 11.8. The summed E-state index contributed by atoms with van der Waals surface area (Å²) in [5.74, 6) is -0.414. The number of nitrogens with zero attached hydrogens (tertiary/aromatic N) is 1. The lowest BCUT2D eigenvalue weighted by atomic mass is 10.1. The zero-order valence-corrected chi connectivity index (χ0v) is 10.7. The molecule has 0 aliphatic carbocycles. The highest BCUT2D eigenvalue weighted by Crippen LogP contribution is 2.23. The van der Waals surface area contributed by atoms with E-state index in [-0.39, 0.29) is 6.04 Å². The Balaban J connectivity index is 2.24. The Bertz CT molecular complexity index is 472. The average Bonchev–Trinajstić information content (AvgIpc) is 2.46. The van der Waals surface area contributed by atoms with E-state index in [2.05, 4.69) is 4.74 Å². The molecule has 0 saturated carbocycles. The number of amides is 1. The molecular weight excluding hydrogens is 248 g/mol. The molecule has 0 radical (unpaired) electrons. The predicted octanol–water partition coefficient (Wildman–Crippen LogP) is 1.15. The van der Waals surface area contributed by atoms with Gasteiger partial charge in [0.1, 0.15) is 0 Å². The average molecular weight is 264 g/mol. The number of methoxy groups -OCH3 is 1. The molecule has 2 rings (SSSR count). The van der Waals surface area contributed by atoms with E-state index in [1.165, 1.54) is 12.0 Å². The van der Waals surface area contributed by atoms with Gasteiger partial charge < -0.3 is 15.2 Å². The first kappa shape index (κ1) is 13.4. The van der Waals surface area contributed by atoms with E-state index in [1.54, 1.807) is 24.3 Å². The minimum atomic E-state index is -0.414. The number of ether oxygens (including phenoxy) is 2. The van der Waals surface area contributed by atoms with Crippen LogP contribution in [0.25, 0.3) is 0 Å². The minimum Gasteiger partial charge on any atom is -0.465 e. The molecule has 0 bridgehead atoms. The first-order valence-electron chi connectivity index (χ1n) is 6.01. The summed E-state index contributed by atoms with van der Waals surface area (Å²) in [5, 5.41) is 0. The van der Waals surface area contributed by atoms with E-state index in [1.807, 2.05) is 0 Å². The number of rotatable bonds is 3. The normalized spacial score (nSPS) is 18.9. The van der Waals surface area contributed by atoms with Gasteiger partial charge in [-0.2, -0.15) is 0 Å². The zero-order chi connectivity index (χ0) is 13.8. The second kappa shape index (κ2) is 5.71. The van der Waals surface area contributed by atoms with Crippen molar-refractivity contribution in [2.45, 2.75) is 12.5 Å². The molecule has 1 aromatic rings. The minimum absolute atomic E-state index is 0.0785. The number of cyclic esters (lactones) is 1. The summed E-state index contributed by atoms with van der Waals surface area (Å²) in [6.45, 7) is 0.755. The molecule has 1 aliphatic heterocycles. The molecule has 1 unspecified atom stereocenters. The quantitative estimate of drug-likeness (QED) is 0.828. The molecule has 1 atom stereocenters. The van der Waals surface area contributed by atoms with E-state index in [9.17, 15) is 9.59 Å². The van der Waals surface area contributed by atoms with Gasteiger partial charge >= 0.3 is 12.1 Å². The van der Waals surface area contributed by atoms with Crippen LogP contribution in [0.15, 0.2) is 24.3 Å². The van der Waals surface area contributed by atoms with Gasteiger partial charge in [-0.1, -0.05) is 0 Å². The smallest absolute Gasteiger partial charge is 0.414 e. The van der Waals surface area contributed by atoms with Gasteiger partial charge in [-0.15, -0.1) is 0 Å². The maximum absolute atomic E-state index is 11.8. The fourth-order valence-electron chi connectivity index (χ4n) is 2.05. The Morgan fingerprint density at radius 3 is 2.74 bits per heavy atom. The van der Waals surface area contributed by atoms with Crippen molar-refractivity contribution in [3.05, 3.63) is 29.8 Å². The molecule has 1 aliphatic rings. The van der Waals surface area contributed by atoms with Gasteiger partial charge in [-0.25, -0.2) is 9.59 Å². The standard InChI is InChI=1S/C13H16N2O4/c1-18-12(16)9-2-4-10(5-3-9)15-11(8-14)6-7-19-13(15)17/h2-5,11H,6-8,14H2,1H3. The van der Waals surface area contributed by atoms with Crippen LogP contribution in [0.5, 0.6) is 0 Å². The van der Waals surface area contributed by atoms with Crippen molar-refractivity contribution >= 4 is 17.7 Å². The maximum Gasteiger partial charge on any atom is 0.414 e. The van der Waals surface area contributed by atoms with Gasteiger partial charge in [0.2, 0.25) is 0 Å². The molecule has 1 heterocycles. The van der Waals surface area contributed by atoms with Crippen molar-refractivity contribution in [1.82, 2.24) is 0 Å². The molecular formula is C13H16N2O4. The number of nitrogens with two attached hydrogens (primary N) is 1. The van der Waals surface area contributed by atoms with E-state index in [0.717, 1.165) is 0 Å². The second-order valence-electron chi connectivity index (χ2n) is 4.20. The van der Waals surface area contributed by atoms with Crippen molar-refractivity contribution in [3.8, 4) is 0 Å². The molecule has 1 aromatic carbocycles. The molecule has 102 valence electrons. The zero-order valence-electron chi connectivity index (χ0n) is 10.7. The number of hydrogen-bond donors (Lipinski definition) is 1. The van der Waals surface area contributed by atoms with Gasteiger partial charge in [0, 0.05) is 18.7 Å². The first-order valence-corrected chi connectivity index (χ1v) is 6.01. The molecule has 1 amide bonds. The number of carbonyl (C=O) groups excluding carboxylic acids is 2. The summed E-state index contributed by atoms with van der Waals surface area (Å²) in [6, 6.07) is 6.50. The van der Waals surface area contributed by atoms with Crippen molar-refractivity contribution in [3.63, 3.8) is 0 Å². The fourth-order valence-corrected chi connectivity index (χ4v) is 2.05. The molecule has 19 heavy (non-hydrogen) atoms. The van der Waals surface area contributed by atoms with Crippen LogP contribution in [0, 0.1) is 0 Å². The molecule has 6 heteroatoms. The van der Waals surface area contributed by atoms with Crippen LogP contribution in [0.2, 0.25) is 0 Å². The van der Waals surface area contributed by atoms with Crippen LogP contribution in [-0.2, 0) is 9.47 Å². The van der Waals surface area contributed by atoms with Crippen molar-refractivity contribution < 1.29 is 19.1 Å². The third-order valence-electron chi connectivity index (χ3n) is 3.08. The number of carbonyl (C=O) groups is 2. The largest absolute Gasteiger partial charge is 0.465 e. The van der Waals surface area contributed by atoms with Crippen LogP contribution in [0.3, 0.4) is 0 Å². The lowest BCUT2D eigenvalue weighted by Crippen LogP contribution is -2.49. The summed E-state index contributed by atoms with van der Waals surface area (Å²) in [4.78, 5) is 24.7. The fraction of sp³-hybridized carbons (Fsp3) is 0.385. The molecule has 1 saturated heterocycles. The summed E-state index contributed by atoms with van der Waals surface area (Å²) in [7, 11) is 1.32. The Morgan fingerprint density at radius 1 is 1.47 bits per heavy atom. The first-order chi connectivity index (χ1) is 9.17. The monoisotopic (exact) mass is 264 g/mol. The van der Waals surface area contributed by atoms with Gasteiger partial charge in [-0.05, 0) is 24.3 Å². The Morgan fingerprint density at radius 2 is 2.16 bits per heavy atom. The lowest BCUT2D eigenvalue weighted by Gasteiger charge is -2.34. The summed E-state index contributed by atoms with van der Waals surface area (Å²) in [5.41, 5.74) is 6.76. The third kappa shape index (κ3) is 2.68. The summed E-state index contributed by atoms with van der Waals surface area (Å²) >= 11 is 0. The number of esters is 1. The molecule has 1 fully saturated rings. The number of benzene rings is 1. The van der Waals surface area contributed by atoms with Crippen LogP contribution in [-0.4, -0.2) is 38.4 Å². The van der Waals surface area contributed by atoms with E-state index in [4.69, 9.17) is 10.5 Å². The third-order valence-corrected chi connectivity index (χ3v) is 3.08. The SMILES string of the molecule is COC(=O)c1ccc(N2C(=O)OCCC2CN)cc1. The lowest BCUT2D eigenvalue weighted by molar-refractivity contribution is 0.0600. The predicted molar refractivity (Wildman–Crippen MR) is 69.1 cm³/mol. The highest BCUT2D eigenvalue weighted by molar-refractivity contribution is 5.92. The van der Waals surface area contributed by atoms with Crippen molar-refractivity contribution in [2.24, 2.45) is 5.73 Å². The number of hydrogen-bond acceptors (Lipinski definition) is 5. The van der Waals surface area contributed by atoms with Crippen molar-refractivity contribution in [1.29, 1.82) is 0 Å². The Hall–Kier alpha value is -2.08. The van der Waals surface area contributed by atoms with Crippen LogP contribution < -0.4 is 10.6 Å². The van der Waals surface area contributed by atoms with Gasteiger partial charge in [0.05, 0.1) is 25.3 Å². The van der Waals surface area contributed by atoms with Crippen LogP contribution >= 0.6 is 0 Å². The van der Waals surface area contributed by atoms with Crippen LogP contribution in [0.4, 0.5) is 10.5 Å². The Labute approximate surface area is 111 Å². The van der Waals surface area contributed by atoms with Gasteiger partial charge in [-0.3, -0.25) is 4.90 Å². The van der Waals surface area contributed by atoms with Gasteiger partial charge in [0.25, 0.3) is 0 Å². The summed E-state index contributed by atoms with van der Waals surface area (Å²) in [6.07, 6.45) is 0.286. The van der Waals surface area contributed by atoms with Gasteiger partial charge in [0.15, 0.2) is 0 Å². The molecule has 2 N–H and O–H groups in total. The molecule has 0 aromatic heterocycles. The Kier molecular flexibility index (Phi) is 4.01.